The summed E-state index contributed by atoms with van der Waals surface area (Å²) in [6.07, 6.45) is 0.165. The highest BCUT2D eigenvalue weighted by molar-refractivity contribution is 6.39. The summed E-state index contributed by atoms with van der Waals surface area (Å²) < 4.78 is 0. The molecule has 2 unspecified atom stereocenters. The smallest absolute Gasteiger partial charge is 0.313 e. The standard InChI is InChI=1S/C16H24N2O3/c1-5-10(2)14(19)9-17-15(20)16(21)18-13-8-6-7-11(3)12(13)4/h6-8,10,14,19H,5,9H2,1-4H3,(H,17,20)(H,18,21). The maximum Gasteiger partial charge on any atom is 0.313 e. The van der Waals surface area contributed by atoms with Crippen LogP contribution in [0.4, 0.5) is 5.69 Å². The number of anilines is 1. The van der Waals surface area contributed by atoms with Gasteiger partial charge in [0.25, 0.3) is 0 Å². The lowest BCUT2D eigenvalue weighted by molar-refractivity contribution is -0.136. The van der Waals surface area contributed by atoms with Crippen molar-refractivity contribution in [1.82, 2.24) is 5.32 Å². The van der Waals surface area contributed by atoms with Crippen LogP contribution in [0, 0.1) is 19.8 Å². The monoisotopic (exact) mass is 292 g/mol. The molecule has 1 rings (SSSR count). The fourth-order valence-electron chi connectivity index (χ4n) is 1.82. The van der Waals surface area contributed by atoms with Gasteiger partial charge in [-0.15, -0.1) is 0 Å². The fourth-order valence-corrected chi connectivity index (χ4v) is 1.82. The van der Waals surface area contributed by atoms with Gasteiger partial charge in [-0.2, -0.15) is 0 Å². The number of benzene rings is 1. The van der Waals surface area contributed by atoms with Crippen molar-refractivity contribution in [2.24, 2.45) is 5.92 Å². The van der Waals surface area contributed by atoms with Gasteiger partial charge in [-0.25, -0.2) is 0 Å². The first-order chi connectivity index (χ1) is 9.86. The molecule has 2 amide bonds. The molecular weight excluding hydrogens is 268 g/mol. The van der Waals surface area contributed by atoms with Gasteiger partial charge in [-0.3, -0.25) is 9.59 Å². The van der Waals surface area contributed by atoms with E-state index in [9.17, 15) is 14.7 Å². The Hall–Kier alpha value is -1.88. The summed E-state index contributed by atoms with van der Waals surface area (Å²) in [4.78, 5) is 23.5. The van der Waals surface area contributed by atoms with Gasteiger partial charge in [0.05, 0.1) is 6.10 Å². The van der Waals surface area contributed by atoms with Gasteiger partial charge in [-0.05, 0) is 37.0 Å². The summed E-state index contributed by atoms with van der Waals surface area (Å²) in [6, 6.07) is 5.51. The van der Waals surface area contributed by atoms with Gasteiger partial charge in [-0.1, -0.05) is 32.4 Å². The molecule has 0 spiro atoms. The highest BCUT2D eigenvalue weighted by Crippen LogP contribution is 2.17. The van der Waals surface area contributed by atoms with Gasteiger partial charge in [0, 0.05) is 12.2 Å². The molecule has 0 saturated carbocycles. The second kappa shape index (κ2) is 7.78. The van der Waals surface area contributed by atoms with Crippen molar-refractivity contribution in [2.75, 3.05) is 11.9 Å². The number of amides is 2. The molecule has 2 atom stereocenters. The third-order valence-electron chi connectivity index (χ3n) is 3.83. The number of carbonyl (C=O) groups is 2. The molecule has 21 heavy (non-hydrogen) atoms. The van der Waals surface area contributed by atoms with Crippen LogP contribution >= 0.6 is 0 Å². The molecule has 0 fully saturated rings. The zero-order valence-corrected chi connectivity index (χ0v) is 13.1. The van der Waals surface area contributed by atoms with E-state index in [0.717, 1.165) is 17.5 Å². The Morgan fingerprint density at radius 2 is 1.90 bits per heavy atom. The van der Waals surface area contributed by atoms with E-state index in [0.29, 0.717) is 5.69 Å². The lowest BCUT2D eigenvalue weighted by atomic mass is 10.0. The predicted molar refractivity (Wildman–Crippen MR) is 83.0 cm³/mol. The molecule has 116 valence electrons. The molecule has 1 aromatic carbocycles. The molecule has 0 aromatic heterocycles. The van der Waals surface area contributed by atoms with Crippen molar-refractivity contribution >= 4 is 17.5 Å². The van der Waals surface area contributed by atoms with Crippen LogP contribution in [0.5, 0.6) is 0 Å². The van der Waals surface area contributed by atoms with Crippen molar-refractivity contribution in [1.29, 1.82) is 0 Å². The fraction of sp³-hybridized carbons (Fsp3) is 0.500. The Labute approximate surface area is 125 Å². The number of rotatable bonds is 5. The van der Waals surface area contributed by atoms with Gasteiger partial charge in [0.15, 0.2) is 0 Å². The summed E-state index contributed by atoms with van der Waals surface area (Å²) in [5.41, 5.74) is 2.59. The third kappa shape index (κ3) is 4.86. The maximum absolute atomic E-state index is 11.8. The Bertz CT molecular complexity index is 514. The average Bonchev–Trinajstić information content (AvgIpc) is 2.47. The van der Waals surface area contributed by atoms with Gasteiger partial charge >= 0.3 is 11.8 Å². The Kier molecular flexibility index (Phi) is 6.37. The molecule has 0 aliphatic rings. The van der Waals surface area contributed by atoms with Gasteiger partial charge in [0.1, 0.15) is 0 Å². The van der Waals surface area contributed by atoms with Crippen molar-refractivity contribution in [3.05, 3.63) is 29.3 Å². The lowest BCUT2D eigenvalue weighted by Crippen LogP contribution is -2.41. The predicted octanol–water partition coefficient (Wildman–Crippen LogP) is 1.77. The molecule has 0 aliphatic carbocycles. The molecule has 5 heteroatoms. The van der Waals surface area contributed by atoms with E-state index in [1.807, 2.05) is 39.8 Å². The quantitative estimate of drug-likeness (QED) is 0.724. The first-order valence-corrected chi connectivity index (χ1v) is 7.20. The molecule has 5 nitrogen and oxygen atoms in total. The minimum atomic E-state index is -0.738. The second-order valence-electron chi connectivity index (χ2n) is 5.36. The van der Waals surface area contributed by atoms with Crippen molar-refractivity contribution < 1.29 is 14.7 Å². The zero-order valence-electron chi connectivity index (χ0n) is 13.1. The summed E-state index contributed by atoms with van der Waals surface area (Å²) in [5, 5.41) is 14.8. The molecule has 0 bridgehead atoms. The van der Waals surface area contributed by atoms with E-state index >= 15 is 0 Å². The number of aliphatic hydroxyl groups is 1. The van der Waals surface area contributed by atoms with E-state index in [-0.39, 0.29) is 12.5 Å². The minimum absolute atomic E-state index is 0.0763. The largest absolute Gasteiger partial charge is 0.391 e. The maximum atomic E-state index is 11.8. The van der Waals surface area contributed by atoms with Crippen LogP contribution in [0.3, 0.4) is 0 Å². The number of aliphatic hydroxyl groups excluding tert-OH is 1. The molecular formula is C16H24N2O3. The second-order valence-corrected chi connectivity index (χ2v) is 5.36. The average molecular weight is 292 g/mol. The number of aryl methyl sites for hydroxylation is 1. The number of carbonyl (C=O) groups excluding carboxylic acids is 2. The molecule has 0 radical (unpaired) electrons. The van der Waals surface area contributed by atoms with Crippen LogP contribution in [0.2, 0.25) is 0 Å². The first-order valence-electron chi connectivity index (χ1n) is 7.20. The van der Waals surface area contributed by atoms with Gasteiger partial charge < -0.3 is 15.7 Å². The van der Waals surface area contributed by atoms with Gasteiger partial charge in [0.2, 0.25) is 0 Å². The summed E-state index contributed by atoms with van der Waals surface area (Å²) in [5.74, 6) is -1.38. The SMILES string of the molecule is CCC(C)C(O)CNC(=O)C(=O)Nc1cccc(C)c1C. The number of nitrogens with one attached hydrogen (secondary N) is 2. The van der Waals surface area contributed by atoms with Crippen LogP contribution in [0.1, 0.15) is 31.4 Å². The van der Waals surface area contributed by atoms with Crippen LogP contribution in [0.15, 0.2) is 18.2 Å². The van der Waals surface area contributed by atoms with Crippen LogP contribution in [-0.2, 0) is 9.59 Å². The summed E-state index contributed by atoms with van der Waals surface area (Å²) in [7, 11) is 0. The highest BCUT2D eigenvalue weighted by Gasteiger charge is 2.18. The van der Waals surface area contributed by atoms with E-state index in [4.69, 9.17) is 0 Å². The first kappa shape index (κ1) is 17.2. The zero-order chi connectivity index (χ0) is 16.0. The Morgan fingerprint density at radius 1 is 1.24 bits per heavy atom. The molecule has 1 aromatic rings. The van der Waals surface area contributed by atoms with E-state index in [2.05, 4.69) is 10.6 Å². The third-order valence-corrected chi connectivity index (χ3v) is 3.83. The van der Waals surface area contributed by atoms with Crippen LogP contribution < -0.4 is 10.6 Å². The summed E-state index contributed by atoms with van der Waals surface area (Å²) in [6.45, 7) is 7.76. The summed E-state index contributed by atoms with van der Waals surface area (Å²) >= 11 is 0. The van der Waals surface area contributed by atoms with E-state index < -0.39 is 17.9 Å². The molecule has 0 heterocycles. The van der Waals surface area contributed by atoms with Crippen molar-refractivity contribution in [2.45, 2.75) is 40.2 Å². The van der Waals surface area contributed by atoms with Crippen molar-refractivity contribution in [3.8, 4) is 0 Å². The highest BCUT2D eigenvalue weighted by atomic mass is 16.3. The Morgan fingerprint density at radius 3 is 2.52 bits per heavy atom. The van der Waals surface area contributed by atoms with E-state index in [1.54, 1.807) is 6.07 Å². The normalized spacial score (nSPS) is 13.4. The van der Waals surface area contributed by atoms with Crippen LogP contribution in [-0.4, -0.2) is 29.6 Å². The Balaban J connectivity index is 2.56. The number of hydrogen-bond donors (Lipinski definition) is 3. The molecule has 0 saturated heterocycles. The van der Waals surface area contributed by atoms with Crippen molar-refractivity contribution in [3.63, 3.8) is 0 Å². The topological polar surface area (TPSA) is 78.4 Å². The molecule has 3 N–H and O–H groups in total. The van der Waals surface area contributed by atoms with E-state index in [1.165, 1.54) is 0 Å². The molecule has 0 aliphatic heterocycles. The minimum Gasteiger partial charge on any atom is -0.391 e. The number of hydrogen-bond acceptors (Lipinski definition) is 3. The van der Waals surface area contributed by atoms with Crippen LogP contribution in [0.25, 0.3) is 0 Å². The lowest BCUT2D eigenvalue weighted by Gasteiger charge is -2.17.